The summed E-state index contributed by atoms with van der Waals surface area (Å²) in [4.78, 5) is 20.8. The van der Waals surface area contributed by atoms with Gasteiger partial charge in [-0.1, -0.05) is 30.3 Å². The number of benzene rings is 2. The highest BCUT2D eigenvalue weighted by Gasteiger charge is 2.14. The molecule has 4 rings (SSSR count). The monoisotopic (exact) mass is 357 g/mol. The second-order valence-electron chi connectivity index (χ2n) is 6.04. The van der Waals surface area contributed by atoms with Gasteiger partial charge in [-0.2, -0.15) is 0 Å². The third kappa shape index (κ3) is 3.37. The molecule has 0 atom stereocenters. The Morgan fingerprint density at radius 3 is 2.59 bits per heavy atom. The first-order valence-corrected chi connectivity index (χ1v) is 8.79. The van der Waals surface area contributed by atoms with Gasteiger partial charge >= 0.3 is 0 Å². The van der Waals surface area contributed by atoms with Gasteiger partial charge in [-0.15, -0.1) is 0 Å². The lowest BCUT2D eigenvalue weighted by Crippen LogP contribution is -2.22. The Hall–Kier alpha value is -3.67. The third-order valence-corrected chi connectivity index (χ3v) is 4.22. The third-order valence-electron chi connectivity index (χ3n) is 4.22. The normalized spacial score (nSPS) is 10.7. The van der Waals surface area contributed by atoms with Crippen LogP contribution in [0.3, 0.4) is 0 Å². The Balaban J connectivity index is 1.72. The van der Waals surface area contributed by atoms with Gasteiger partial charge in [0.05, 0.1) is 6.20 Å². The molecule has 0 unspecified atom stereocenters. The lowest BCUT2D eigenvalue weighted by atomic mass is 10.1. The molecule has 0 aliphatic heterocycles. The first kappa shape index (κ1) is 16.8. The Morgan fingerprint density at radius 1 is 1.07 bits per heavy atom. The van der Waals surface area contributed by atoms with Crippen molar-refractivity contribution in [3.05, 3.63) is 78.8 Å². The van der Waals surface area contributed by atoms with Crippen LogP contribution in [0.15, 0.2) is 73.2 Å². The summed E-state index contributed by atoms with van der Waals surface area (Å²) in [5.74, 6) is 0.777. The molecule has 0 saturated carbocycles. The molecule has 4 aromatic rings. The van der Waals surface area contributed by atoms with E-state index in [9.17, 15) is 4.79 Å². The van der Waals surface area contributed by atoms with Gasteiger partial charge in [0, 0.05) is 35.8 Å². The minimum atomic E-state index is -0.0742. The molecule has 2 aromatic carbocycles. The van der Waals surface area contributed by atoms with Crippen LogP contribution in [0.2, 0.25) is 0 Å². The largest absolute Gasteiger partial charge is 0.352 e. The number of anilines is 2. The molecule has 6 nitrogen and oxygen atoms in total. The van der Waals surface area contributed by atoms with E-state index < -0.39 is 0 Å². The number of carbonyl (C=O) groups is 1. The molecule has 2 aromatic heterocycles. The van der Waals surface area contributed by atoms with Gasteiger partial charge in [0.15, 0.2) is 5.65 Å². The number of nitrogens with one attached hydrogen (secondary N) is 2. The SMILES string of the molecule is CCNC(=O)c1ccc(Nc2c(-c3ccccc3)nc3cnccn23)cc1. The molecule has 0 aliphatic rings. The van der Waals surface area contributed by atoms with Crippen LogP contribution in [-0.4, -0.2) is 26.8 Å². The summed E-state index contributed by atoms with van der Waals surface area (Å²) < 4.78 is 1.97. The molecule has 0 fully saturated rings. The zero-order valence-corrected chi connectivity index (χ0v) is 14.9. The summed E-state index contributed by atoms with van der Waals surface area (Å²) in [5.41, 5.74) is 4.13. The molecule has 0 saturated heterocycles. The fraction of sp³-hybridized carbons (Fsp3) is 0.0952. The summed E-state index contributed by atoms with van der Waals surface area (Å²) in [6.45, 7) is 2.51. The molecule has 0 radical (unpaired) electrons. The maximum Gasteiger partial charge on any atom is 0.251 e. The quantitative estimate of drug-likeness (QED) is 0.568. The number of hydrogen-bond acceptors (Lipinski definition) is 4. The summed E-state index contributed by atoms with van der Waals surface area (Å²) in [7, 11) is 0. The van der Waals surface area contributed by atoms with Gasteiger partial charge in [-0.25, -0.2) is 4.98 Å². The van der Waals surface area contributed by atoms with Crippen LogP contribution in [0.25, 0.3) is 16.9 Å². The van der Waals surface area contributed by atoms with Gasteiger partial charge in [0.25, 0.3) is 5.91 Å². The number of carbonyl (C=O) groups excluding carboxylic acids is 1. The fourth-order valence-electron chi connectivity index (χ4n) is 2.93. The van der Waals surface area contributed by atoms with Crippen LogP contribution in [-0.2, 0) is 0 Å². The highest BCUT2D eigenvalue weighted by molar-refractivity contribution is 5.94. The second-order valence-corrected chi connectivity index (χ2v) is 6.04. The van der Waals surface area contributed by atoms with Crippen molar-refractivity contribution >= 4 is 23.1 Å². The number of rotatable bonds is 5. The predicted octanol–water partition coefficient (Wildman–Crippen LogP) is 3.89. The van der Waals surface area contributed by atoms with Crippen LogP contribution in [0.5, 0.6) is 0 Å². The minimum Gasteiger partial charge on any atom is -0.352 e. The molecule has 2 N–H and O–H groups in total. The molecule has 2 heterocycles. The van der Waals surface area contributed by atoms with E-state index in [1.807, 2.05) is 60.0 Å². The van der Waals surface area contributed by atoms with E-state index in [2.05, 4.69) is 15.6 Å². The molecule has 0 bridgehead atoms. The fourth-order valence-corrected chi connectivity index (χ4v) is 2.93. The van der Waals surface area contributed by atoms with Crippen molar-refractivity contribution in [2.45, 2.75) is 6.92 Å². The average Bonchev–Trinajstić information content (AvgIpc) is 3.08. The molecule has 6 heteroatoms. The van der Waals surface area contributed by atoms with E-state index in [0.29, 0.717) is 12.1 Å². The standard InChI is InChI=1S/C21H19N5O/c1-2-23-21(27)16-8-10-17(11-9-16)24-20-19(15-6-4-3-5-7-15)25-18-14-22-12-13-26(18)20/h3-14,24H,2H2,1H3,(H,23,27). The van der Waals surface area contributed by atoms with Crippen molar-refractivity contribution in [2.75, 3.05) is 11.9 Å². The van der Waals surface area contributed by atoms with Gasteiger partial charge in [-0.3, -0.25) is 14.2 Å². The Kier molecular flexibility index (Phi) is 4.53. The van der Waals surface area contributed by atoms with Crippen LogP contribution in [0.1, 0.15) is 17.3 Å². The number of amides is 1. The van der Waals surface area contributed by atoms with Crippen molar-refractivity contribution in [2.24, 2.45) is 0 Å². The van der Waals surface area contributed by atoms with Crippen molar-refractivity contribution in [1.82, 2.24) is 19.7 Å². The first-order chi connectivity index (χ1) is 13.3. The lowest BCUT2D eigenvalue weighted by Gasteiger charge is -2.10. The van der Waals surface area contributed by atoms with Crippen LogP contribution >= 0.6 is 0 Å². The maximum atomic E-state index is 11.9. The van der Waals surface area contributed by atoms with Crippen molar-refractivity contribution in [1.29, 1.82) is 0 Å². The molecular weight excluding hydrogens is 338 g/mol. The summed E-state index contributed by atoms with van der Waals surface area (Å²) in [6.07, 6.45) is 5.34. The summed E-state index contributed by atoms with van der Waals surface area (Å²) in [6, 6.07) is 17.4. The molecule has 1 amide bonds. The van der Waals surface area contributed by atoms with Crippen LogP contribution in [0, 0.1) is 0 Å². The smallest absolute Gasteiger partial charge is 0.251 e. The molecular formula is C21H19N5O. The molecule has 0 spiro atoms. The highest BCUT2D eigenvalue weighted by Crippen LogP contribution is 2.30. The minimum absolute atomic E-state index is 0.0742. The zero-order chi connectivity index (χ0) is 18.6. The molecule has 27 heavy (non-hydrogen) atoms. The van der Waals surface area contributed by atoms with E-state index in [1.165, 1.54) is 0 Å². The second kappa shape index (κ2) is 7.29. The van der Waals surface area contributed by atoms with Crippen molar-refractivity contribution < 1.29 is 4.79 Å². The van der Waals surface area contributed by atoms with E-state index in [-0.39, 0.29) is 5.91 Å². The Morgan fingerprint density at radius 2 is 1.85 bits per heavy atom. The van der Waals surface area contributed by atoms with Gasteiger partial charge in [-0.05, 0) is 31.2 Å². The zero-order valence-electron chi connectivity index (χ0n) is 14.9. The van der Waals surface area contributed by atoms with E-state index in [0.717, 1.165) is 28.4 Å². The number of hydrogen-bond donors (Lipinski definition) is 2. The maximum absolute atomic E-state index is 11.9. The topological polar surface area (TPSA) is 71.3 Å². The Bertz CT molecular complexity index is 1070. The van der Waals surface area contributed by atoms with E-state index in [1.54, 1.807) is 24.5 Å². The number of imidazole rings is 1. The summed E-state index contributed by atoms with van der Waals surface area (Å²) >= 11 is 0. The Labute approximate surface area is 156 Å². The van der Waals surface area contributed by atoms with E-state index >= 15 is 0 Å². The molecule has 134 valence electrons. The molecule has 0 aliphatic carbocycles. The number of nitrogens with zero attached hydrogens (tertiary/aromatic N) is 3. The van der Waals surface area contributed by atoms with Crippen molar-refractivity contribution in [3.8, 4) is 11.3 Å². The van der Waals surface area contributed by atoms with Gasteiger partial charge in [0.2, 0.25) is 0 Å². The number of fused-ring (bicyclic) bond motifs is 1. The lowest BCUT2D eigenvalue weighted by molar-refractivity contribution is 0.0956. The summed E-state index contributed by atoms with van der Waals surface area (Å²) in [5, 5.41) is 6.23. The van der Waals surface area contributed by atoms with Crippen LogP contribution in [0.4, 0.5) is 11.5 Å². The van der Waals surface area contributed by atoms with Crippen LogP contribution < -0.4 is 10.6 Å². The van der Waals surface area contributed by atoms with E-state index in [4.69, 9.17) is 4.98 Å². The predicted molar refractivity (Wildman–Crippen MR) is 106 cm³/mol. The van der Waals surface area contributed by atoms with Gasteiger partial charge in [0.1, 0.15) is 11.5 Å². The average molecular weight is 357 g/mol. The first-order valence-electron chi connectivity index (χ1n) is 8.79. The van der Waals surface area contributed by atoms with Gasteiger partial charge < -0.3 is 10.6 Å². The van der Waals surface area contributed by atoms with Crippen molar-refractivity contribution in [3.63, 3.8) is 0 Å². The highest BCUT2D eigenvalue weighted by atomic mass is 16.1. The number of aromatic nitrogens is 3.